The summed E-state index contributed by atoms with van der Waals surface area (Å²) in [4.78, 5) is 17.9. The van der Waals surface area contributed by atoms with Gasteiger partial charge < -0.3 is 15.5 Å². The minimum atomic E-state index is -0.195. The Hall–Kier alpha value is -1.01. The van der Waals surface area contributed by atoms with Crippen LogP contribution in [-0.4, -0.2) is 28.4 Å². The Labute approximate surface area is 104 Å². The maximum atomic E-state index is 11.1. The Balaban J connectivity index is 1.72. The molecule has 3 N–H and O–H groups in total. The van der Waals surface area contributed by atoms with Crippen LogP contribution in [0.3, 0.4) is 0 Å². The van der Waals surface area contributed by atoms with Gasteiger partial charge in [-0.05, 0) is 25.7 Å². The van der Waals surface area contributed by atoms with E-state index in [4.69, 9.17) is 10.5 Å². The van der Waals surface area contributed by atoms with Crippen molar-refractivity contribution in [1.82, 2.24) is 9.97 Å². The molecule has 1 unspecified atom stereocenters. The molecule has 1 aromatic heterocycles. The summed E-state index contributed by atoms with van der Waals surface area (Å²) in [6, 6.07) is 1.29. The lowest BCUT2D eigenvalue weighted by molar-refractivity contribution is 0.104. The second kappa shape index (κ2) is 6.07. The first-order valence-electron chi connectivity index (χ1n) is 5.85. The number of ether oxygens (including phenoxy) is 1. The first-order valence-corrected chi connectivity index (χ1v) is 6.84. The molecule has 5 nitrogen and oxygen atoms in total. The van der Waals surface area contributed by atoms with Crippen molar-refractivity contribution in [3.05, 3.63) is 16.4 Å². The van der Waals surface area contributed by atoms with E-state index in [2.05, 4.69) is 9.97 Å². The lowest BCUT2D eigenvalue weighted by Gasteiger charge is -2.08. The minimum absolute atomic E-state index is 0.195. The Morgan fingerprint density at radius 1 is 1.65 bits per heavy atom. The molecule has 1 aliphatic rings. The number of rotatable bonds is 5. The molecule has 1 saturated heterocycles. The van der Waals surface area contributed by atoms with Gasteiger partial charge >= 0.3 is 0 Å². The zero-order valence-electron chi connectivity index (χ0n) is 9.65. The zero-order valence-corrected chi connectivity index (χ0v) is 10.5. The van der Waals surface area contributed by atoms with Crippen LogP contribution in [0.2, 0.25) is 0 Å². The molecule has 0 aliphatic carbocycles. The number of anilines is 1. The van der Waals surface area contributed by atoms with E-state index in [0.717, 1.165) is 25.2 Å². The average molecular weight is 255 g/mol. The summed E-state index contributed by atoms with van der Waals surface area (Å²) in [5, 5.41) is 0.599. The Kier molecular flexibility index (Phi) is 4.44. The minimum Gasteiger partial charge on any atom is -0.383 e. The molecule has 0 amide bonds. The summed E-state index contributed by atoms with van der Waals surface area (Å²) >= 11 is 1.53. The number of hydrogen-bond acceptors (Lipinski definition) is 5. The number of nitrogen functional groups attached to an aromatic ring is 1. The van der Waals surface area contributed by atoms with Gasteiger partial charge in [0.15, 0.2) is 5.16 Å². The fraction of sp³-hybridized carbons (Fsp3) is 0.636. The Morgan fingerprint density at radius 2 is 2.53 bits per heavy atom. The highest BCUT2D eigenvalue weighted by Gasteiger charge is 2.14. The predicted molar refractivity (Wildman–Crippen MR) is 68.2 cm³/mol. The molecular weight excluding hydrogens is 238 g/mol. The van der Waals surface area contributed by atoms with Crippen molar-refractivity contribution in [3.63, 3.8) is 0 Å². The topological polar surface area (TPSA) is 81.0 Å². The van der Waals surface area contributed by atoms with Crippen LogP contribution in [0.4, 0.5) is 5.82 Å². The van der Waals surface area contributed by atoms with Crippen LogP contribution in [0.1, 0.15) is 25.7 Å². The lowest BCUT2D eigenvalue weighted by Crippen LogP contribution is -2.10. The fourth-order valence-electron chi connectivity index (χ4n) is 1.87. The largest absolute Gasteiger partial charge is 0.383 e. The first-order chi connectivity index (χ1) is 8.24. The highest BCUT2D eigenvalue weighted by molar-refractivity contribution is 7.99. The number of thioether (sulfide) groups is 1. The number of nitrogens with two attached hydrogens (primary N) is 1. The summed E-state index contributed by atoms with van der Waals surface area (Å²) in [5.41, 5.74) is 5.30. The third-order valence-electron chi connectivity index (χ3n) is 2.67. The van der Waals surface area contributed by atoms with E-state index in [1.54, 1.807) is 0 Å². The van der Waals surface area contributed by atoms with Crippen molar-refractivity contribution in [3.8, 4) is 0 Å². The van der Waals surface area contributed by atoms with Crippen LogP contribution in [0.25, 0.3) is 0 Å². The summed E-state index contributed by atoms with van der Waals surface area (Å²) < 4.78 is 5.54. The van der Waals surface area contributed by atoms with E-state index in [0.29, 0.717) is 11.3 Å². The smallest absolute Gasteiger partial charge is 0.253 e. The Morgan fingerprint density at radius 3 is 3.24 bits per heavy atom. The standard InChI is InChI=1S/C11H17N3O2S/c12-9-7-10(15)14-11(13-9)17-6-2-4-8-3-1-5-16-8/h7-8H,1-6H2,(H3,12,13,14,15). The molecule has 0 bridgehead atoms. The van der Waals surface area contributed by atoms with Gasteiger partial charge in [0.05, 0.1) is 6.10 Å². The monoisotopic (exact) mass is 255 g/mol. The molecule has 17 heavy (non-hydrogen) atoms. The van der Waals surface area contributed by atoms with E-state index in [1.165, 1.54) is 30.7 Å². The summed E-state index contributed by atoms with van der Waals surface area (Å²) in [6.45, 7) is 0.905. The number of H-pyrrole nitrogens is 1. The highest BCUT2D eigenvalue weighted by Crippen LogP contribution is 2.20. The van der Waals surface area contributed by atoms with Gasteiger partial charge in [-0.15, -0.1) is 0 Å². The fourth-order valence-corrected chi connectivity index (χ4v) is 2.72. The van der Waals surface area contributed by atoms with Gasteiger partial charge in [0, 0.05) is 18.4 Å². The van der Waals surface area contributed by atoms with Gasteiger partial charge in [0.25, 0.3) is 5.56 Å². The SMILES string of the molecule is Nc1cc(=O)[nH]c(SCCCC2CCCO2)n1. The van der Waals surface area contributed by atoms with E-state index >= 15 is 0 Å². The number of aromatic nitrogens is 2. The molecule has 0 saturated carbocycles. The van der Waals surface area contributed by atoms with Gasteiger partial charge in [0.1, 0.15) is 5.82 Å². The molecule has 6 heteroatoms. The van der Waals surface area contributed by atoms with Gasteiger partial charge in [-0.25, -0.2) is 4.98 Å². The number of hydrogen-bond donors (Lipinski definition) is 2. The number of nitrogens with zero attached hydrogens (tertiary/aromatic N) is 1. The van der Waals surface area contributed by atoms with Crippen molar-refractivity contribution < 1.29 is 4.74 Å². The molecule has 1 aromatic rings. The maximum absolute atomic E-state index is 11.1. The molecule has 94 valence electrons. The third kappa shape index (κ3) is 4.05. The van der Waals surface area contributed by atoms with Gasteiger partial charge in [-0.1, -0.05) is 11.8 Å². The molecule has 1 atom stereocenters. The predicted octanol–water partition coefficient (Wildman–Crippen LogP) is 1.40. The molecule has 0 spiro atoms. The van der Waals surface area contributed by atoms with Crippen molar-refractivity contribution in [1.29, 1.82) is 0 Å². The number of nitrogens with one attached hydrogen (secondary N) is 1. The average Bonchev–Trinajstić information content (AvgIpc) is 2.76. The van der Waals surface area contributed by atoms with E-state index in [9.17, 15) is 4.79 Å². The van der Waals surface area contributed by atoms with Crippen LogP contribution in [-0.2, 0) is 4.74 Å². The number of aromatic amines is 1. The first kappa shape index (κ1) is 12.4. The zero-order chi connectivity index (χ0) is 12.1. The Bertz CT molecular complexity index is 415. The van der Waals surface area contributed by atoms with Crippen LogP contribution in [0, 0.1) is 0 Å². The van der Waals surface area contributed by atoms with Crippen molar-refractivity contribution >= 4 is 17.6 Å². The van der Waals surface area contributed by atoms with Crippen LogP contribution >= 0.6 is 11.8 Å². The normalized spacial score (nSPS) is 19.6. The van der Waals surface area contributed by atoms with E-state index in [-0.39, 0.29) is 11.4 Å². The summed E-state index contributed by atoms with van der Waals surface area (Å²) in [5.74, 6) is 1.20. The second-order valence-electron chi connectivity index (χ2n) is 4.10. The lowest BCUT2D eigenvalue weighted by atomic mass is 10.1. The van der Waals surface area contributed by atoms with Crippen molar-refractivity contribution in [2.75, 3.05) is 18.1 Å². The van der Waals surface area contributed by atoms with Crippen molar-refractivity contribution in [2.24, 2.45) is 0 Å². The molecule has 0 aromatic carbocycles. The van der Waals surface area contributed by atoms with Crippen molar-refractivity contribution in [2.45, 2.75) is 36.9 Å². The van der Waals surface area contributed by atoms with Crippen LogP contribution in [0.15, 0.2) is 16.0 Å². The summed E-state index contributed by atoms with van der Waals surface area (Å²) in [6.07, 6.45) is 4.94. The molecule has 2 heterocycles. The van der Waals surface area contributed by atoms with Crippen LogP contribution < -0.4 is 11.3 Å². The maximum Gasteiger partial charge on any atom is 0.253 e. The van der Waals surface area contributed by atoms with E-state index < -0.39 is 0 Å². The molecular formula is C11H17N3O2S. The molecule has 0 radical (unpaired) electrons. The summed E-state index contributed by atoms with van der Waals surface area (Å²) in [7, 11) is 0. The second-order valence-corrected chi connectivity index (χ2v) is 5.18. The quantitative estimate of drug-likeness (QED) is 0.472. The van der Waals surface area contributed by atoms with Gasteiger partial charge in [0.2, 0.25) is 0 Å². The molecule has 1 aliphatic heterocycles. The van der Waals surface area contributed by atoms with Crippen LogP contribution in [0.5, 0.6) is 0 Å². The molecule has 2 rings (SSSR count). The third-order valence-corrected chi connectivity index (χ3v) is 3.63. The van der Waals surface area contributed by atoms with E-state index in [1.807, 2.05) is 0 Å². The molecule has 1 fully saturated rings. The highest BCUT2D eigenvalue weighted by atomic mass is 32.2. The van der Waals surface area contributed by atoms with Gasteiger partial charge in [-0.3, -0.25) is 4.79 Å². The van der Waals surface area contributed by atoms with Gasteiger partial charge in [-0.2, -0.15) is 0 Å².